The van der Waals surface area contributed by atoms with Gasteiger partial charge in [-0.05, 0) is 32.1 Å². The molecule has 2 saturated heterocycles. The fourth-order valence-corrected chi connectivity index (χ4v) is 2.95. The summed E-state index contributed by atoms with van der Waals surface area (Å²) in [6, 6.07) is -0.890. The van der Waals surface area contributed by atoms with Gasteiger partial charge in [0.05, 0.1) is 12.1 Å². The van der Waals surface area contributed by atoms with Crippen LogP contribution in [0.4, 0.5) is 0 Å². The van der Waals surface area contributed by atoms with E-state index in [1.54, 1.807) is 11.8 Å². The van der Waals surface area contributed by atoms with E-state index >= 15 is 0 Å². The van der Waals surface area contributed by atoms with Crippen LogP contribution in [-0.2, 0) is 14.3 Å². The predicted molar refractivity (Wildman–Crippen MR) is 76.2 cm³/mol. The average molecular weight is 282 g/mol. The number of amides is 2. The van der Waals surface area contributed by atoms with Gasteiger partial charge in [-0.3, -0.25) is 9.59 Å². The third-order valence-electron chi connectivity index (χ3n) is 4.33. The molecule has 2 aliphatic heterocycles. The summed E-state index contributed by atoms with van der Waals surface area (Å²) in [5.74, 6) is -0.0764. The second-order valence-electron chi connectivity index (χ2n) is 7.35. The maximum Gasteiger partial charge on any atom is 0.246 e. The van der Waals surface area contributed by atoms with E-state index in [2.05, 4.69) is 5.32 Å². The molecule has 2 amide bonds. The molecule has 2 fully saturated rings. The van der Waals surface area contributed by atoms with Gasteiger partial charge in [-0.2, -0.15) is 0 Å². The first kappa shape index (κ1) is 15.3. The molecular formula is C15H26N2O3. The number of carbonyl (C=O) groups excluding carboxylic acids is 2. The summed E-state index contributed by atoms with van der Waals surface area (Å²) in [5, 5.41) is 2.85. The van der Waals surface area contributed by atoms with Gasteiger partial charge < -0.3 is 15.0 Å². The molecule has 1 N–H and O–H groups in total. The molecule has 0 radical (unpaired) electrons. The summed E-state index contributed by atoms with van der Waals surface area (Å²) in [7, 11) is 0. The van der Waals surface area contributed by atoms with Gasteiger partial charge in [0.2, 0.25) is 11.8 Å². The summed E-state index contributed by atoms with van der Waals surface area (Å²) < 4.78 is 5.77. The molecule has 0 bridgehead atoms. The van der Waals surface area contributed by atoms with Crippen molar-refractivity contribution in [1.82, 2.24) is 10.2 Å². The number of nitrogens with one attached hydrogen (secondary N) is 1. The summed E-state index contributed by atoms with van der Waals surface area (Å²) >= 11 is 0. The first-order valence-corrected chi connectivity index (χ1v) is 7.39. The lowest BCUT2D eigenvalue weighted by atomic mass is 9.83. The molecule has 114 valence electrons. The van der Waals surface area contributed by atoms with Crippen LogP contribution in [0.5, 0.6) is 0 Å². The molecule has 0 aromatic heterocycles. The van der Waals surface area contributed by atoms with Gasteiger partial charge >= 0.3 is 0 Å². The molecule has 5 heteroatoms. The van der Waals surface area contributed by atoms with Gasteiger partial charge in [0.25, 0.3) is 0 Å². The molecule has 0 spiro atoms. The first-order chi connectivity index (χ1) is 9.14. The standard InChI is InChI=1S/C15H26N2O3/c1-10-12(18)16-11(14(2,3)4)13(19)17(10)9-15(5)7-6-8-20-15/h10-11H,6-9H2,1-5H3,(H,16,18). The Bertz CT molecular complexity index is 408. The quantitative estimate of drug-likeness (QED) is 0.831. The van der Waals surface area contributed by atoms with Crippen molar-refractivity contribution in [3.63, 3.8) is 0 Å². The molecule has 20 heavy (non-hydrogen) atoms. The lowest BCUT2D eigenvalue weighted by Crippen LogP contribution is -2.67. The zero-order valence-corrected chi connectivity index (χ0v) is 13.2. The Hall–Kier alpha value is -1.10. The molecule has 0 aliphatic carbocycles. The smallest absolute Gasteiger partial charge is 0.246 e. The number of hydrogen-bond donors (Lipinski definition) is 1. The van der Waals surface area contributed by atoms with Crippen molar-refractivity contribution in [2.75, 3.05) is 13.2 Å². The van der Waals surface area contributed by atoms with Crippen LogP contribution < -0.4 is 5.32 Å². The SMILES string of the molecule is CC1C(=O)NC(C(C)(C)C)C(=O)N1CC1(C)CCCO1. The average Bonchev–Trinajstić information content (AvgIpc) is 2.75. The molecule has 2 heterocycles. The highest BCUT2D eigenvalue weighted by atomic mass is 16.5. The minimum Gasteiger partial charge on any atom is -0.373 e. The lowest BCUT2D eigenvalue weighted by molar-refractivity contribution is -0.155. The van der Waals surface area contributed by atoms with Crippen LogP contribution in [0.15, 0.2) is 0 Å². The molecular weight excluding hydrogens is 256 g/mol. The third-order valence-corrected chi connectivity index (χ3v) is 4.33. The highest BCUT2D eigenvalue weighted by molar-refractivity contribution is 5.97. The Morgan fingerprint density at radius 3 is 2.55 bits per heavy atom. The fourth-order valence-electron chi connectivity index (χ4n) is 2.95. The molecule has 3 atom stereocenters. The topological polar surface area (TPSA) is 58.6 Å². The lowest BCUT2D eigenvalue weighted by Gasteiger charge is -2.44. The van der Waals surface area contributed by atoms with Gasteiger partial charge in [0.15, 0.2) is 0 Å². The van der Waals surface area contributed by atoms with Crippen LogP contribution >= 0.6 is 0 Å². The zero-order chi connectivity index (χ0) is 15.1. The Balaban J connectivity index is 2.20. The van der Waals surface area contributed by atoms with Crippen molar-refractivity contribution in [3.05, 3.63) is 0 Å². The van der Waals surface area contributed by atoms with E-state index in [1.165, 1.54) is 0 Å². The monoisotopic (exact) mass is 282 g/mol. The third kappa shape index (κ3) is 2.82. The minimum atomic E-state index is -0.462. The molecule has 2 rings (SSSR count). The van der Waals surface area contributed by atoms with Crippen LogP contribution in [0.3, 0.4) is 0 Å². The minimum absolute atomic E-state index is 0.00123. The van der Waals surface area contributed by atoms with Crippen molar-refractivity contribution >= 4 is 11.8 Å². The van der Waals surface area contributed by atoms with Gasteiger partial charge in [-0.1, -0.05) is 20.8 Å². The van der Waals surface area contributed by atoms with Gasteiger partial charge in [-0.15, -0.1) is 0 Å². The van der Waals surface area contributed by atoms with E-state index in [0.29, 0.717) is 6.54 Å². The number of rotatable bonds is 2. The van der Waals surface area contributed by atoms with E-state index in [0.717, 1.165) is 19.4 Å². The Morgan fingerprint density at radius 2 is 2.05 bits per heavy atom. The summed E-state index contributed by atoms with van der Waals surface area (Å²) in [5.41, 5.74) is -0.605. The van der Waals surface area contributed by atoms with Crippen LogP contribution in [0.25, 0.3) is 0 Å². The maximum absolute atomic E-state index is 12.7. The number of carbonyl (C=O) groups is 2. The van der Waals surface area contributed by atoms with Crippen LogP contribution in [0.2, 0.25) is 0 Å². The molecule has 0 aromatic rings. The molecule has 0 aromatic carbocycles. The Kier molecular flexibility index (Phi) is 3.84. The zero-order valence-electron chi connectivity index (χ0n) is 13.2. The largest absolute Gasteiger partial charge is 0.373 e. The number of hydrogen-bond acceptors (Lipinski definition) is 3. The van der Waals surface area contributed by atoms with Crippen LogP contribution in [-0.4, -0.2) is 47.6 Å². The predicted octanol–water partition coefficient (Wildman–Crippen LogP) is 1.32. The highest BCUT2D eigenvalue weighted by Crippen LogP contribution is 2.30. The number of piperazine rings is 1. The van der Waals surface area contributed by atoms with Crippen molar-refractivity contribution in [2.24, 2.45) is 5.41 Å². The molecule has 0 saturated carbocycles. The summed E-state index contributed by atoms with van der Waals surface area (Å²) in [6.45, 7) is 10.9. The second-order valence-corrected chi connectivity index (χ2v) is 7.35. The summed E-state index contributed by atoms with van der Waals surface area (Å²) in [4.78, 5) is 26.5. The van der Waals surface area contributed by atoms with E-state index in [9.17, 15) is 9.59 Å². The van der Waals surface area contributed by atoms with Gasteiger partial charge in [-0.25, -0.2) is 0 Å². The Morgan fingerprint density at radius 1 is 1.40 bits per heavy atom. The number of ether oxygens (including phenoxy) is 1. The fraction of sp³-hybridized carbons (Fsp3) is 0.867. The van der Waals surface area contributed by atoms with Crippen LogP contribution in [0, 0.1) is 5.41 Å². The normalized spacial score (nSPS) is 35.4. The summed E-state index contributed by atoms with van der Waals surface area (Å²) in [6.07, 6.45) is 1.95. The Labute approximate surface area is 121 Å². The molecule has 3 unspecified atom stereocenters. The van der Waals surface area contributed by atoms with Crippen molar-refractivity contribution in [1.29, 1.82) is 0 Å². The first-order valence-electron chi connectivity index (χ1n) is 7.39. The van der Waals surface area contributed by atoms with Crippen molar-refractivity contribution in [2.45, 2.75) is 65.1 Å². The van der Waals surface area contributed by atoms with E-state index in [1.807, 2.05) is 27.7 Å². The second kappa shape index (κ2) is 5.02. The van der Waals surface area contributed by atoms with Crippen molar-refractivity contribution in [3.8, 4) is 0 Å². The van der Waals surface area contributed by atoms with Crippen LogP contribution in [0.1, 0.15) is 47.5 Å². The molecule has 2 aliphatic rings. The van der Waals surface area contributed by atoms with E-state index in [4.69, 9.17) is 4.74 Å². The van der Waals surface area contributed by atoms with E-state index < -0.39 is 12.1 Å². The maximum atomic E-state index is 12.7. The van der Waals surface area contributed by atoms with Gasteiger partial charge in [0, 0.05) is 6.61 Å². The van der Waals surface area contributed by atoms with Crippen molar-refractivity contribution < 1.29 is 14.3 Å². The number of nitrogens with zero attached hydrogens (tertiary/aromatic N) is 1. The van der Waals surface area contributed by atoms with Gasteiger partial charge in [0.1, 0.15) is 12.1 Å². The van der Waals surface area contributed by atoms with E-state index in [-0.39, 0.29) is 22.8 Å². The highest BCUT2D eigenvalue weighted by Gasteiger charge is 2.46. The molecule has 5 nitrogen and oxygen atoms in total.